The molecule has 1 aliphatic rings. The Morgan fingerprint density at radius 1 is 1.27 bits per heavy atom. The van der Waals surface area contributed by atoms with Crippen LogP contribution >= 0.6 is 22.7 Å². The monoisotopic (exact) mass is 442 g/mol. The van der Waals surface area contributed by atoms with E-state index in [0.717, 1.165) is 29.8 Å². The molecule has 11 heteroatoms. The van der Waals surface area contributed by atoms with Crippen LogP contribution in [-0.2, 0) is 11.3 Å². The van der Waals surface area contributed by atoms with Gasteiger partial charge in [0, 0.05) is 6.54 Å². The van der Waals surface area contributed by atoms with Gasteiger partial charge in [-0.05, 0) is 37.6 Å². The van der Waals surface area contributed by atoms with Crippen molar-refractivity contribution in [2.24, 2.45) is 0 Å². The van der Waals surface area contributed by atoms with Gasteiger partial charge in [-0.1, -0.05) is 0 Å². The van der Waals surface area contributed by atoms with E-state index in [1.165, 1.54) is 33.6 Å². The van der Waals surface area contributed by atoms with Gasteiger partial charge in [-0.15, -0.1) is 32.9 Å². The number of hydrogen-bond donors (Lipinski definition) is 0. The van der Waals surface area contributed by atoms with Gasteiger partial charge in [0.25, 0.3) is 11.4 Å². The highest BCUT2D eigenvalue weighted by Crippen LogP contribution is 2.33. The van der Waals surface area contributed by atoms with E-state index >= 15 is 0 Å². The number of aromatic nitrogens is 5. The van der Waals surface area contributed by atoms with E-state index in [4.69, 9.17) is 4.42 Å². The molecular weight excluding hydrogens is 424 g/mol. The molecule has 0 unspecified atom stereocenters. The highest BCUT2D eigenvalue weighted by Gasteiger charge is 2.32. The standard InChI is InChI=1S/C19H18N6O3S2/c1-11-15(30-10-21-11)17-23-22-16(28-17)13-4-2-3-6-25(13)14(26)8-24-9-20-18-12(19(24)27)5-7-29-18/h5,7,9-10,13H,2-4,6,8H2,1H3/t13-/m1/s1. The number of carbonyl (C=O) groups is 1. The quantitative estimate of drug-likeness (QED) is 0.478. The van der Waals surface area contributed by atoms with Crippen LogP contribution < -0.4 is 5.56 Å². The number of hydrogen-bond acceptors (Lipinski definition) is 9. The lowest BCUT2D eigenvalue weighted by Crippen LogP contribution is -2.41. The van der Waals surface area contributed by atoms with Gasteiger partial charge in [-0.2, -0.15) is 0 Å². The number of amides is 1. The summed E-state index contributed by atoms with van der Waals surface area (Å²) >= 11 is 2.85. The molecule has 0 aliphatic carbocycles. The SMILES string of the molecule is Cc1ncsc1-c1nnc([C@H]2CCCCN2C(=O)Cn2cnc3sccc3c2=O)o1. The Balaban J connectivity index is 1.40. The fourth-order valence-corrected chi connectivity index (χ4v) is 5.14. The first-order valence-electron chi connectivity index (χ1n) is 9.58. The number of fused-ring (bicyclic) bond motifs is 1. The Bertz CT molecular complexity index is 1270. The average Bonchev–Trinajstić information content (AvgIpc) is 3.50. The summed E-state index contributed by atoms with van der Waals surface area (Å²) in [5.74, 6) is 0.683. The van der Waals surface area contributed by atoms with Crippen LogP contribution in [0.25, 0.3) is 21.0 Å². The van der Waals surface area contributed by atoms with Crippen molar-refractivity contribution in [1.29, 1.82) is 0 Å². The molecule has 0 radical (unpaired) electrons. The number of nitrogens with zero attached hydrogens (tertiary/aromatic N) is 6. The van der Waals surface area contributed by atoms with Gasteiger partial charge in [0.2, 0.25) is 11.8 Å². The van der Waals surface area contributed by atoms with Gasteiger partial charge in [-0.25, -0.2) is 9.97 Å². The second kappa shape index (κ2) is 7.73. The lowest BCUT2D eigenvalue weighted by atomic mass is 10.0. The van der Waals surface area contributed by atoms with Crippen LogP contribution in [0.2, 0.25) is 0 Å². The Morgan fingerprint density at radius 3 is 3.00 bits per heavy atom. The van der Waals surface area contributed by atoms with E-state index in [0.29, 0.717) is 28.5 Å². The second-order valence-corrected chi connectivity index (χ2v) is 8.88. The predicted octanol–water partition coefficient (Wildman–Crippen LogP) is 3.03. The molecule has 5 heterocycles. The molecular formula is C19H18N6O3S2. The molecule has 1 atom stereocenters. The van der Waals surface area contributed by atoms with Gasteiger partial charge in [-0.3, -0.25) is 14.2 Å². The molecule has 1 saturated heterocycles. The summed E-state index contributed by atoms with van der Waals surface area (Å²) in [6.07, 6.45) is 4.04. The molecule has 0 aromatic carbocycles. The molecule has 30 heavy (non-hydrogen) atoms. The van der Waals surface area contributed by atoms with Crippen LogP contribution in [0.5, 0.6) is 0 Å². The summed E-state index contributed by atoms with van der Waals surface area (Å²) in [5.41, 5.74) is 2.37. The van der Waals surface area contributed by atoms with E-state index in [-0.39, 0.29) is 24.1 Å². The predicted molar refractivity (Wildman–Crippen MR) is 112 cm³/mol. The summed E-state index contributed by atoms with van der Waals surface area (Å²) in [7, 11) is 0. The fraction of sp³-hybridized carbons (Fsp3) is 0.368. The second-order valence-electron chi connectivity index (χ2n) is 7.13. The lowest BCUT2D eigenvalue weighted by molar-refractivity contribution is -0.136. The molecule has 1 fully saturated rings. The van der Waals surface area contributed by atoms with Gasteiger partial charge in [0.1, 0.15) is 22.3 Å². The van der Waals surface area contributed by atoms with Crippen molar-refractivity contribution in [1.82, 2.24) is 29.6 Å². The molecule has 0 bridgehead atoms. The van der Waals surface area contributed by atoms with Crippen LogP contribution in [0.4, 0.5) is 0 Å². The van der Waals surface area contributed by atoms with Crippen LogP contribution in [-0.4, -0.2) is 42.1 Å². The molecule has 0 spiro atoms. The van der Waals surface area contributed by atoms with Crippen molar-refractivity contribution < 1.29 is 9.21 Å². The van der Waals surface area contributed by atoms with E-state index in [1.54, 1.807) is 16.5 Å². The van der Waals surface area contributed by atoms with Crippen molar-refractivity contribution in [3.63, 3.8) is 0 Å². The minimum Gasteiger partial charge on any atom is -0.418 e. The van der Waals surface area contributed by atoms with Crippen molar-refractivity contribution in [3.05, 3.63) is 45.2 Å². The summed E-state index contributed by atoms with van der Waals surface area (Å²) < 4.78 is 7.29. The number of thiophene rings is 1. The third kappa shape index (κ3) is 3.33. The highest BCUT2D eigenvalue weighted by molar-refractivity contribution is 7.16. The first-order valence-corrected chi connectivity index (χ1v) is 11.3. The van der Waals surface area contributed by atoms with E-state index < -0.39 is 0 Å². The number of piperidine rings is 1. The maximum atomic E-state index is 13.1. The molecule has 1 amide bonds. The number of rotatable bonds is 4. The van der Waals surface area contributed by atoms with Gasteiger partial charge in [0.05, 0.1) is 22.9 Å². The summed E-state index contributed by atoms with van der Waals surface area (Å²) in [6, 6.07) is 1.44. The normalized spacial score (nSPS) is 17.0. The van der Waals surface area contributed by atoms with Gasteiger partial charge >= 0.3 is 0 Å². The van der Waals surface area contributed by atoms with Crippen molar-refractivity contribution >= 4 is 38.8 Å². The minimum absolute atomic E-state index is 0.0664. The average molecular weight is 443 g/mol. The summed E-state index contributed by atoms with van der Waals surface area (Å²) in [6.45, 7) is 2.41. The van der Waals surface area contributed by atoms with E-state index in [1.807, 2.05) is 12.3 Å². The van der Waals surface area contributed by atoms with Crippen molar-refractivity contribution in [3.8, 4) is 10.8 Å². The van der Waals surface area contributed by atoms with Gasteiger partial charge in [0.15, 0.2) is 0 Å². The highest BCUT2D eigenvalue weighted by atomic mass is 32.1. The Kier molecular flexibility index (Phi) is 4.91. The maximum absolute atomic E-state index is 13.1. The smallest absolute Gasteiger partial charge is 0.262 e. The first kappa shape index (κ1) is 19.1. The Hall–Kier alpha value is -2.92. The third-order valence-electron chi connectivity index (χ3n) is 5.24. The minimum atomic E-state index is -0.297. The Morgan fingerprint density at radius 2 is 2.17 bits per heavy atom. The molecule has 5 rings (SSSR count). The van der Waals surface area contributed by atoms with Crippen LogP contribution in [0.1, 0.15) is 36.9 Å². The van der Waals surface area contributed by atoms with Crippen molar-refractivity contribution in [2.75, 3.05) is 6.54 Å². The topological polar surface area (TPSA) is 107 Å². The third-order valence-corrected chi connectivity index (χ3v) is 6.98. The maximum Gasteiger partial charge on any atom is 0.262 e. The molecule has 4 aromatic rings. The summed E-state index contributed by atoms with van der Waals surface area (Å²) in [5, 5.41) is 10.7. The van der Waals surface area contributed by atoms with E-state index in [2.05, 4.69) is 20.2 Å². The van der Waals surface area contributed by atoms with Crippen molar-refractivity contribution in [2.45, 2.75) is 38.8 Å². The Labute approximate surface area is 179 Å². The molecule has 1 aliphatic heterocycles. The van der Waals surface area contributed by atoms with Crippen LogP contribution in [0.3, 0.4) is 0 Å². The van der Waals surface area contributed by atoms with Crippen LogP contribution in [0, 0.1) is 6.92 Å². The van der Waals surface area contributed by atoms with Gasteiger partial charge < -0.3 is 9.32 Å². The molecule has 154 valence electrons. The number of likely N-dealkylation sites (tertiary alicyclic amines) is 1. The lowest BCUT2D eigenvalue weighted by Gasteiger charge is -2.33. The zero-order chi connectivity index (χ0) is 20.7. The number of thiazole rings is 1. The molecule has 4 aromatic heterocycles. The number of aryl methyl sites for hydroxylation is 1. The molecule has 9 nitrogen and oxygen atoms in total. The zero-order valence-electron chi connectivity index (χ0n) is 16.1. The zero-order valence-corrected chi connectivity index (χ0v) is 17.8. The molecule has 0 N–H and O–H groups in total. The first-order chi connectivity index (χ1) is 14.6. The largest absolute Gasteiger partial charge is 0.418 e. The van der Waals surface area contributed by atoms with E-state index in [9.17, 15) is 9.59 Å². The summed E-state index contributed by atoms with van der Waals surface area (Å²) in [4.78, 5) is 37.5. The number of carbonyl (C=O) groups excluding carboxylic acids is 1. The fourth-order valence-electron chi connectivity index (χ4n) is 3.70. The molecule has 0 saturated carbocycles. The van der Waals surface area contributed by atoms with Crippen LogP contribution in [0.15, 0.2) is 32.5 Å².